The number of aliphatic carboxylic acids is 2. The van der Waals surface area contributed by atoms with Crippen molar-refractivity contribution in [3.8, 4) is 0 Å². The lowest BCUT2D eigenvalue weighted by Gasteiger charge is -2.29. The fourth-order valence-corrected chi connectivity index (χ4v) is 2.30. The molecule has 0 spiro atoms. The van der Waals surface area contributed by atoms with E-state index in [0.29, 0.717) is 11.0 Å². The molecule has 148 valence electrons. The number of carboxylic acids is 2. The van der Waals surface area contributed by atoms with Gasteiger partial charge in [-0.15, -0.1) is 0 Å². The molecule has 0 bridgehead atoms. The number of carbonyl (C=O) groups excluding carboxylic acids is 2. The van der Waals surface area contributed by atoms with E-state index in [1.165, 1.54) is 0 Å². The van der Waals surface area contributed by atoms with Crippen LogP contribution in [0.5, 0.6) is 0 Å². The Morgan fingerprint density at radius 2 is 1.54 bits per heavy atom. The number of rotatable bonds is 14. The van der Waals surface area contributed by atoms with Gasteiger partial charge in [-0.05, 0) is 25.7 Å². The van der Waals surface area contributed by atoms with Crippen LogP contribution in [0.4, 0.5) is 0 Å². The van der Waals surface area contributed by atoms with Crippen molar-refractivity contribution in [2.75, 3.05) is 27.7 Å². The molecule has 0 radical (unpaired) electrons. The first-order chi connectivity index (χ1) is 12.1. The number of hydrogen-bond acceptors (Lipinski definition) is 5. The quantitative estimate of drug-likeness (QED) is 0.214. The van der Waals surface area contributed by atoms with Crippen molar-refractivity contribution in [1.29, 1.82) is 0 Å². The highest BCUT2D eigenvalue weighted by atomic mass is 16.5. The fourth-order valence-electron chi connectivity index (χ4n) is 2.30. The van der Waals surface area contributed by atoms with Gasteiger partial charge in [0.1, 0.15) is 6.54 Å². The molecule has 0 aromatic heterocycles. The van der Waals surface area contributed by atoms with E-state index in [-0.39, 0.29) is 19.3 Å². The van der Waals surface area contributed by atoms with Crippen LogP contribution in [0.2, 0.25) is 0 Å². The lowest BCUT2D eigenvalue weighted by Crippen LogP contribution is -2.45. The summed E-state index contributed by atoms with van der Waals surface area (Å²) in [6.07, 6.45) is 9.84. The molecule has 1 unspecified atom stereocenters. The number of unbranched alkanes of at least 4 members (excludes halogenated alkanes) is 3. The minimum absolute atomic E-state index is 0.0506. The molecule has 7 nitrogen and oxygen atoms in total. The minimum Gasteiger partial charge on any atom is -0.550 e. The van der Waals surface area contributed by atoms with Crippen LogP contribution >= 0.6 is 0 Å². The third kappa shape index (κ3) is 16.7. The van der Waals surface area contributed by atoms with E-state index in [4.69, 9.17) is 9.84 Å². The van der Waals surface area contributed by atoms with Crippen molar-refractivity contribution in [2.45, 2.75) is 51.0 Å². The van der Waals surface area contributed by atoms with Crippen molar-refractivity contribution in [3.05, 3.63) is 24.3 Å². The summed E-state index contributed by atoms with van der Waals surface area (Å²) in [6, 6.07) is 0. The second kappa shape index (κ2) is 13.1. The summed E-state index contributed by atoms with van der Waals surface area (Å²) >= 11 is 0. The Kier molecular flexibility index (Phi) is 12.0. The molecular weight excluding hydrogens is 338 g/mol. The van der Waals surface area contributed by atoms with Gasteiger partial charge in [0.15, 0.2) is 6.10 Å². The normalized spacial score (nSPS) is 13.2. The molecule has 1 atom stereocenters. The Morgan fingerprint density at radius 3 is 2.00 bits per heavy atom. The molecule has 7 heteroatoms. The van der Waals surface area contributed by atoms with Crippen LogP contribution in [0, 0.1) is 0 Å². The number of likely N-dealkylation sites (N-methyl/N-ethyl adjacent to an activating group) is 1. The zero-order valence-electron chi connectivity index (χ0n) is 16.0. The summed E-state index contributed by atoms with van der Waals surface area (Å²) in [6.45, 7) is 0.402. The Morgan fingerprint density at radius 1 is 1.00 bits per heavy atom. The van der Waals surface area contributed by atoms with Crippen LogP contribution in [0.3, 0.4) is 0 Å². The van der Waals surface area contributed by atoms with Crippen LogP contribution in [-0.2, 0) is 19.1 Å². The molecule has 1 N–H and O–H groups in total. The molecular formula is C19H31NO6. The number of nitrogens with zero attached hydrogens (tertiary/aromatic N) is 1. The molecule has 0 aromatic rings. The molecule has 26 heavy (non-hydrogen) atoms. The number of esters is 1. The number of ether oxygens (including phenoxy) is 1. The van der Waals surface area contributed by atoms with Gasteiger partial charge in [0.25, 0.3) is 0 Å². The second-order valence-electron chi connectivity index (χ2n) is 7.19. The number of allylic oxidation sites excluding steroid dienone is 2. The first kappa shape index (κ1) is 23.9. The van der Waals surface area contributed by atoms with Gasteiger partial charge < -0.3 is 24.2 Å². The van der Waals surface area contributed by atoms with Gasteiger partial charge in [-0.25, -0.2) is 0 Å². The van der Waals surface area contributed by atoms with Crippen LogP contribution in [0.25, 0.3) is 0 Å². The molecule has 0 rings (SSSR count). The standard InChI is InChI=1S/C19H31NO6/c1-20(2,3)15-16(14-18(23)24)26-19(25)13-11-9-7-5-4-6-8-10-12-17(21)22/h8-11,16H,4-7,12-15H2,1-3H3,(H-,21,22,23,24)/b10-8+,11-9+. The molecule has 0 heterocycles. The summed E-state index contributed by atoms with van der Waals surface area (Å²) < 4.78 is 5.73. The maximum Gasteiger partial charge on any atom is 0.310 e. The van der Waals surface area contributed by atoms with Gasteiger partial charge in [0.05, 0.1) is 34.0 Å². The van der Waals surface area contributed by atoms with E-state index < -0.39 is 24.0 Å². The third-order valence-corrected chi connectivity index (χ3v) is 3.35. The van der Waals surface area contributed by atoms with Crippen molar-refractivity contribution in [1.82, 2.24) is 0 Å². The average molecular weight is 369 g/mol. The monoisotopic (exact) mass is 369 g/mol. The summed E-state index contributed by atoms with van der Waals surface area (Å²) in [5, 5.41) is 19.3. The largest absolute Gasteiger partial charge is 0.550 e. The highest BCUT2D eigenvalue weighted by Gasteiger charge is 2.21. The van der Waals surface area contributed by atoms with Crippen molar-refractivity contribution in [2.24, 2.45) is 0 Å². The summed E-state index contributed by atoms with van der Waals surface area (Å²) in [5.74, 6) is -2.51. The van der Waals surface area contributed by atoms with Crippen LogP contribution < -0.4 is 5.11 Å². The van der Waals surface area contributed by atoms with Crippen molar-refractivity contribution in [3.63, 3.8) is 0 Å². The molecule has 0 aliphatic heterocycles. The zero-order chi connectivity index (χ0) is 20.0. The summed E-state index contributed by atoms with van der Waals surface area (Å²) in [5.41, 5.74) is 0. The molecule has 0 saturated heterocycles. The number of quaternary nitrogens is 1. The average Bonchev–Trinajstić information content (AvgIpc) is 2.46. The first-order valence-electron chi connectivity index (χ1n) is 8.81. The van der Waals surface area contributed by atoms with Gasteiger partial charge in [-0.1, -0.05) is 24.3 Å². The zero-order valence-corrected chi connectivity index (χ0v) is 16.0. The summed E-state index contributed by atoms with van der Waals surface area (Å²) in [7, 11) is 5.69. The van der Waals surface area contributed by atoms with E-state index >= 15 is 0 Å². The SMILES string of the molecule is C[N+](C)(C)CC(CC(=O)[O-])OC(=O)C/C=C/CCCC/C=C/CC(=O)O. The van der Waals surface area contributed by atoms with E-state index in [1.807, 2.05) is 33.3 Å². The van der Waals surface area contributed by atoms with E-state index in [0.717, 1.165) is 25.7 Å². The molecule has 0 aromatic carbocycles. The smallest absolute Gasteiger partial charge is 0.310 e. The van der Waals surface area contributed by atoms with Crippen LogP contribution in [0.1, 0.15) is 44.9 Å². The lowest BCUT2D eigenvalue weighted by molar-refractivity contribution is -0.873. The Balaban J connectivity index is 4.00. The molecule has 0 saturated carbocycles. The van der Waals surface area contributed by atoms with Crippen molar-refractivity contribution < 1.29 is 33.8 Å². The number of hydrogen-bond donors (Lipinski definition) is 1. The number of carbonyl (C=O) groups is 3. The Hall–Kier alpha value is -2.15. The molecule has 0 aliphatic carbocycles. The van der Waals surface area contributed by atoms with Gasteiger partial charge in [0, 0.05) is 12.4 Å². The fraction of sp³-hybridized carbons (Fsp3) is 0.632. The molecule has 0 aliphatic rings. The van der Waals surface area contributed by atoms with Crippen molar-refractivity contribution >= 4 is 17.9 Å². The van der Waals surface area contributed by atoms with E-state index in [1.54, 1.807) is 12.2 Å². The Bertz CT molecular complexity index is 505. The minimum atomic E-state index is -1.23. The second-order valence-corrected chi connectivity index (χ2v) is 7.19. The summed E-state index contributed by atoms with van der Waals surface area (Å²) in [4.78, 5) is 32.9. The topological polar surface area (TPSA) is 104 Å². The maximum absolute atomic E-state index is 11.8. The van der Waals surface area contributed by atoms with E-state index in [2.05, 4.69) is 0 Å². The van der Waals surface area contributed by atoms with Crippen LogP contribution in [0.15, 0.2) is 24.3 Å². The molecule has 0 fully saturated rings. The molecule has 0 amide bonds. The third-order valence-electron chi connectivity index (χ3n) is 3.35. The highest BCUT2D eigenvalue weighted by Crippen LogP contribution is 2.07. The predicted molar refractivity (Wildman–Crippen MR) is 96.0 cm³/mol. The van der Waals surface area contributed by atoms with Gasteiger partial charge in [0.2, 0.25) is 0 Å². The van der Waals surface area contributed by atoms with E-state index in [9.17, 15) is 19.5 Å². The lowest BCUT2D eigenvalue weighted by atomic mass is 10.1. The van der Waals surface area contributed by atoms with Gasteiger partial charge in [-0.3, -0.25) is 9.59 Å². The Labute approximate surface area is 155 Å². The maximum atomic E-state index is 11.8. The van der Waals surface area contributed by atoms with Gasteiger partial charge >= 0.3 is 11.9 Å². The first-order valence-corrected chi connectivity index (χ1v) is 8.81. The number of carboxylic acid groups (broad SMARTS) is 2. The van der Waals surface area contributed by atoms with Gasteiger partial charge in [-0.2, -0.15) is 0 Å². The predicted octanol–water partition coefficient (Wildman–Crippen LogP) is 1.28. The van der Waals surface area contributed by atoms with Crippen LogP contribution in [-0.4, -0.2) is 61.3 Å². The highest BCUT2D eigenvalue weighted by molar-refractivity contribution is 5.72.